The van der Waals surface area contributed by atoms with Crippen molar-refractivity contribution in [2.24, 2.45) is 5.92 Å². The van der Waals surface area contributed by atoms with Gasteiger partial charge in [-0.3, -0.25) is 0 Å². The third-order valence-electron chi connectivity index (χ3n) is 6.81. The number of rotatable bonds is 5. The normalized spacial score (nSPS) is 18.7. The molecule has 1 saturated carbocycles. The Morgan fingerprint density at radius 3 is 2.12 bits per heavy atom. The Hall–Kier alpha value is -2.88. The second-order valence-electron chi connectivity index (χ2n) is 8.96. The van der Waals surface area contributed by atoms with Crippen LogP contribution in [0.1, 0.15) is 60.8 Å². The van der Waals surface area contributed by atoms with Crippen molar-refractivity contribution in [3.8, 4) is 11.1 Å². The van der Waals surface area contributed by atoms with Crippen molar-refractivity contribution in [1.82, 2.24) is 0 Å². The van der Waals surface area contributed by atoms with Crippen LogP contribution in [0, 0.1) is 36.1 Å². The number of allylic oxidation sites excluding steroid dienone is 1. The van der Waals surface area contributed by atoms with Gasteiger partial charge in [-0.2, -0.15) is 0 Å². The van der Waals surface area contributed by atoms with E-state index in [1.54, 1.807) is 49.4 Å². The fourth-order valence-corrected chi connectivity index (χ4v) is 4.70. The lowest BCUT2D eigenvalue weighted by atomic mass is 9.78. The van der Waals surface area contributed by atoms with Gasteiger partial charge in [-0.05, 0) is 67.6 Å². The molecule has 4 rings (SSSR count). The molecule has 3 aromatic carbocycles. The van der Waals surface area contributed by atoms with Crippen LogP contribution in [0.25, 0.3) is 17.2 Å². The molecule has 0 spiro atoms. The number of benzene rings is 3. The molecule has 0 aromatic heterocycles. The summed E-state index contributed by atoms with van der Waals surface area (Å²) in [5.74, 6) is -3.00. The summed E-state index contributed by atoms with van der Waals surface area (Å²) in [4.78, 5) is 0. The molecule has 172 valence electrons. The molecular formula is C29H28F4. The molecule has 0 saturated heterocycles. The molecule has 0 aliphatic heterocycles. The van der Waals surface area contributed by atoms with Crippen molar-refractivity contribution < 1.29 is 17.6 Å². The van der Waals surface area contributed by atoms with Crippen LogP contribution in [0.4, 0.5) is 17.6 Å². The van der Waals surface area contributed by atoms with Gasteiger partial charge in [0.2, 0.25) is 0 Å². The SMILES string of the molecule is CCc1ccc(/C=C/C2CCC(c3ccc(-c4ccc(C)cc4)c(F)c3F)CC2)c(F)c1F. The zero-order chi connectivity index (χ0) is 23.5. The van der Waals surface area contributed by atoms with E-state index in [-0.39, 0.29) is 23.0 Å². The van der Waals surface area contributed by atoms with Crippen LogP contribution in [-0.2, 0) is 6.42 Å². The van der Waals surface area contributed by atoms with Gasteiger partial charge in [0, 0.05) is 11.1 Å². The first-order valence-corrected chi connectivity index (χ1v) is 11.6. The number of aryl methyl sites for hydroxylation is 2. The monoisotopic (exact) mass is 452 g/mol. The first-order valence-electron chi connectivity index (χ1n) is 11.6. The van der Waals surface area contributed by atoms with Crippen molar-refractivity contribution in [2.45, 2.75) is 51.9 Å². The molecule has 0 heterocycles. The largest absolute Gasteiger partial charge is 0.203 e. The fraction of sp³-hybridized carbons (Fsp3) is 0.310. The topological polar surface area (TPSA) is 0 Å². The van der Waals surface area contributed by atoms with Crippen molar-refractivity contribution >= 4 is 6.08 Å². The first-order chi connectivity index (χ1) is 15.9. The van der Waals surface area contributed by atoms with Crippen LogP contribution in [0.15, 0.2) is 54.6 Å². The molecule has 0 unspecified atom stereocenters. The van der Waals surface area contributed by atoms with Crippen LogP contribution in [0.2, 0.25) is 0 Å². The maximum Gasteiger partial charge on any atom is 0.166 e. The zero-order valence-corrected chi connectivity index (χ0v) is 19.0. The average Bonchev–Trinajstić information content (AvgIpc) is 2.83. The molecule has 3 aromatic rings. The maximum absolute atomic E-state index is 15.0. The molecule has 33 heavy (non-hydrogen) atoms. The minimum Gasteiger partial charge on any atom is -0.203 e. The Labute approximate surface area is 193 Å². The Morgan fingerprint density at radius 1 is 0.758 bits per heavy atom. The first kappa shape index (κ1) is 23.3. The predicted octanol–water partition coefficient (Wildman–Crippen LogP) is 8.77. The minimum atomic E-state index is -0.814. The molecular weight excluding hydrogens is 424 g/mol. The van der Waals surface area contributed by atoms with Crippen LogP contribution in [0.3, 0.4) is 0 Å². The Morgan fingerprint density at radius 2 is 1.45 bits per heavy atom. The van der Waals surface area contributed by atoms with Gasteiger partial charge in [0.15, 0.2) is 23.3 Å². The van der Waals surface area contributed by atoms with E-state index in [0.717, 1.165) is 31.2 Å². The lowest BCUT2D eigenvalue weighted by Gasteiger charge is -2.27. The molecule has 1 fully saturated rings. The highest BCUT2D eigenvalue weighted by atomic mass is 19.2. The maximum atomic E-state index is 15.0. The van der Waals surface area contributed by atoms with Gasteiger partial charge in [-0.15, -0.1) is 0 Å². The van der Waals surface area contributed by atoms with E-state index in [0.29, 0.717) is 23.1 Å². The minimum absolute atomic E-state index is 0.0470. The molecule has 0 bridgehead atoms. The third-order valence-corrected chi connectivity index (χ3v) is 6.81. The number of halogens is 4. The molecule has 0 radical (unpaired) electrons. The number of hydrogen-bond donors (Lipinski definition) is 0. The van der Waals surface area contributed by atoms with Gasteiger partial charge in [0.1, 0.15) is 0 Å². The van der Waals surface area contributed by atoms with Crippen LogP contribution >= 0.6 is 0 Å². The third kappa shape index (κ3) is 4.90. The van der Waals surface area contributed by atoms with Crippen molar-refractivity contribution in [1.29, 1.82) is 0 Å². The molecule has 0 N–H and O–H groups in total. The summed E-state index contributed by atoms with van der Waals surface area (Å²) >= 11 is 0. The summed E-state index contributed by atoms with van der Waals surface area (Å²) in [6, 6.07) is 14.0. The molecule has 0 nitrogen and oxygen atoms in total. The van der Waals surface area contributed by atoms with Crippen LogP contribution in [-0.4, -0.2) is 0 Å². The quantitative estimate of drug-likeness (QED) is 0.339. The predicted molar refractivity (Wildman–Crippen MR) is 126 cm³/mol. The van der Waals surface area contributed by atoms with Crippen LogP contribution < -0.4 is 0 Å². The summed E-state index contributed by atoms with van der Waals surface area (Å²) < 4.78 is 58.1. The smallest absolute Gasteiger partial charge is 0.166 e. The summed E-state index contributed by atoms with van der Waals surface area (Å²) in [5, 5.41) is 0. The lowest BCUT2D eigenvalue weighted by Crippen LogP contribution is -2.13. The Kier molecular flexibility index (Phi) is 7.02. The average molecular weight is 453 g/mol. The number of hydrogen-bond acceptors (Lipinski definition) is 0. The summed E-state index contributed by atoms with van der Waals surface area (Å²) in [6.45, 7) is 3.74. The highest BCUT2D eigenvalue weighted by Gasteiger charge is 2.26. The standard InChI is InChI=1S/C29H28F4/c1-3-20-14-15-23(27(31)26(20)30)13-8-19-6-11-22(12-7-19)25-17-16-24(28(32)29(25)33)21-9-4-18(2)5-10-21/h4-5,8-10,13-17,19,22H,3,6-7,11-12H2,1-2H3/b13-8+. The van der Waals surface area contributed by atoms with Crippen molar-refractivity contribution in [2.75, 3.05) is 0 Å². The second kappa shape index (κ2) is 9.94. The van der Waals surface area contributed by atoms with Crippen LogP contribution in [0.5, 0.6) is 0 Å². The van der Waals surface area contributed by atoms with Gasteiger partial charge < -0.3 is 0 Å². The Bertz CT molecular complexity index is 1150. The zero-order valence-electron chi connectivity index (χ0n) is 19.0. The van der Waals surface area contributed by atoms with E-state index in [4.69, 9.17) is 0 Å². The molecule has 1 aliphatic carbocycles. The van der Waals surface area contributed by atoms with E-state index < -0.39 is 23.3 Å². The molecule has 1 aliphatic rings. The highest BCUT2D eigenvalue weighted by molar-refractivity contribution is 5.65. The highest BCUT2D eigenvalue weighted by Crippen LogP contribution is 2.39. The van der Waals surface area contributed by atoms with Gasteiger partial charge in [0.25, 0.3) is 0 Å². The van der Waals surface area contributed by atoms with Gasteiger partial charge in [-0.25, -0.2) is 17.6 Å². The van der Waals surface area contributed by atoms with Gasteiger partial charge in [0.05, 0.1) is 0 Å². The fourth-order valence-electron chi connectivity index (χ4n) is 4.70. The lowest BCUT2D eigenvalue weighted by molar-refractivity contribution is 0.365. The van der Waals surface area contributed by atoms with Crippen molar-refractivity contribution in [3.05, 3.63) is 100 Å². The van der Waals surface area contributed by atoms with E-state index in [2.05, 4.69) is 0 Å². The molecule has 0 amide bonds. The molecule has 4 heteroatoms. The van der Waals surface area contributed by atoms with Gasteiger partial charge in [-0.1, -0.05) is 73.2 Å². The van der Waals surface area contributed by atoms with E-state index in [9.17, 15) is 17.6 Å². The summed E-state index contributed by atoms with van der Waals surface area (Å²) in [6.07, 6.45) is 7.02. The molecule has 0 atom stereocenters. The van der Waals surface area contributed by atoms with E-state index in [1.165, 1.54) is 0 Å². The van der Waals surface area contributed by atoms with E-state index >= 15 is 0 Å². The van der Waals surface area contributed by atoms with Crippen molar-refractivity contribution in [3.63, 3.8) is 0 Å². The Balaban J connectivity index is 1.44. The van der Waals surface area contributed by atoms with E-state index in [1.807, 2.05) is 25.1 Å². The second-order valence-corrected chi connectivity index (χ2v) is 8.96. The van der Waals surface area contributed by atoms with Gasteiger partial charge >= 0.3 is 0 Å². The summed E-state index contributed by atoms with van der Waals surface area (Å²) in [5.41, 5.74) is 3.03. The summed E-state index contributed by atoms with van der Waals surface area (Å²) in [7, 11) is 0.